The minimum atomic E-state index is -3.91. The van der Waals surface area contributed by atoms with Gasteiger partial charge in [-0.3, -0.25) is 4.79 Å². The van der Waals surface area contributed by atoms with Crippen LogP contribution in [-0.2, 0) is 16.4 Å². The van der Waals surface area contributed by atoms with Crippen LogP contribution in [0.3, 0.4) is 0 Å². The van der Waals surface area contributed by atoms with Gasteiger partial charge in [0, 0.05) is 22.9 Å². The Morgan fingerprint density at radius 2 is 1.97 bits per heavy atom. The molecule has 2 rings (SSSR count). The molecule has 12 heteroatoms. The van der Waals surface area contributed by atoms with E-state index in [-0.39, 0.29) is 23.9 Å². The molecule has 0 spiro atoms. The second-order valence-corrected chi connectivity index (χ2v) is 10.5. The van der Waals surface area contributed by atoms with Crippen LogP contribution in [0.1, 0.15) is 18.7 Å². The lowest BCUT2D eigenvalue weighted by Gasteiger charge is -2.31. The highest BCUT2D eigenvalue weighted by molar-refractivity contribution is 7.89. The molecule has 0 aliphatic carbocycles. The summed E-state index contributed by atoms with van der Waals surface area (Å²) in [7, 11) is 2.95. The summed E-state index contributed by atoms with van der Waals surface area (Å²) in [4.78, 5) is 15.6. The first-order valence-corrected chi connectivity index (χ1v) is 12.3. The van der Waals surface area contributed by atoms with Gasteiger partial charge in [-0.2, -0.15) is 4.31 Å². The number of carbonyl (C=O) groups excluding carboxylic acids is 1. The highest BCUT2D eigenvalue weighted by atomic mass is 32.2. The molecule has 2 radical (unpaired) electrons. The van der Waals surface area contributed by atoms with Crippen molar-refractivity contribution in [1.82, 2.24) is 9.62 Å². The van der Waals surface area contributed by atoms with Gasteiger partial charge < -0.3 is 10.1 Å². The number of ether oxygens (including phenoxy) is 1. The molecule has 9 nitrogen and oxygen atoms in total. The van der Waals surface area contributed by atoms with E-state index in [1.807, 2.05) is 31.4 Å². The van der Waals surface area contributed by atoms with Crippen molar-refractivity contribution in [2.24, 2.45) is 11.0 Å². The number of hydrogen-bond donors (Lipinski definition) is 1. The number of methoxy groups -OCH3 is 1. The number of benzene rings is 1. The van der Waals surface area contributed by atoms with Gasteiger partial charge in [0.1, 0.15) is 5.75 Å². The molecule has 0 unspecified atom stereocenters. The van der Waals surface area contributed by atoms with Gasteiger partial charge in [0.25, 0.3) is 0 Å². The minimum absolute atomic E-state index is 0.00691. The normalized spacial score (nSPS) is 13.4. The van der Waals surface area contributed by atoms with E-state index in [2.05, 4.69) is 15.3 Å². The molecule has 1 amide bonds. The summed E-state index contributed by atoms with van der Waals surface area (Å²) in [6.07, 6.45) is 0.338. The second kappa shape index (κ2) is 11.9. The Kier molecular flexibility index (Phi) is 9.58. The Morgan fingerprint density at radius 1 is 1.28 bits per heavy atom. The highest BCUT2D eigenvalue weighted by Crippen LogP contribution is 2.23. The van der Waals surface area contributed by atoms with Crippen molar-refractivity contribution in [1.29, 1.82) is 0 Å². The highest BCUT2D eigenvalue weighted by Gasteiger charge is 2.31. The summed E-state index contributed by atoms with van der Waals surface area (Å²) >= 11 is 1.48. The standard InChI is InChI=1S/C20H26BN5O4S2/c1-14(2)12-26(32(28,29)17-8-6-15(30-3)7-9-17)13-19(23-20(21)27)18(24-25-22)11-16-5-4-10-31-16/h4-10,14,18-19H,11-13H2,1-3H3,(H,23,27)/t18-,19+/m0/s1. The summed E-state index contributed by atoms with van der Waals surface area (Å²) in [5.41, 5.74) is 9.09. The number of rotatable bonds is 12. The van der Waals surface area contributed by atoms with Gasteiger partial charge >= 0.3 is 0 Å². The van der Waals surface area contributed by atoms with Gasteiger partial charge in [0.2, 0.25) is 17.9 Å². The molecular weight excluding hydrogens is 449 g/mol. The Morgan fingerprint density at radius 3 is 2.47 bits per heavy atom. The number of carbonyl (C=O) groups is 1. The second-order valence-electron chi connectivity index (χ2n) is 7.56. The fourth-order valence-corrected chi connectivity index (χ4v) is 5.59. The monoisotopic (exact) mass is 475 g/mol. The van der Waals surface area contributed by atoms with Gasteiger partial charge in [-0.05, 0) is 53.6 Å². The molecule has 0 fully saturated rings. The van der Waals surface area contributed by atoms with Crippen molar-refractivity contribution in [2.45, 2.75) is 37.2 Å². The topological polar surface area (TPSA) is 124 Å². The van der Waals surface area contributed by atoms with Gasteiger partial charge in [-0.25, -0.2) is 8.42 Å². The SMILES string of the molecule is [B]C(=O)N[C@H](CN(CC(C)C)S(=O)(=O)c1ccc(OC)cc1)[C@H](Cc1cccs1)N=[N+]=[N-]. The number of nitrogens with zero attached hydrogens (tertiary/aromatic N) is 4. The first kappa shape index (κ1) is 25.7. The molecule has 0 bridgehead atoms. The van der Waals surface area contributed by atoms with E-state index in [1.54, 1.807) is 12.1 Å². The zero-order valence-corrected chi connectivity index (χ0v) is 19.8. The van der Waals surface area contributed by atoms with Crippen LogP contribution in [-0.4, -0.2) is 58.7 Å². The Labute approximate surface area is 193 Å². The van der Waals surface area contributed by atoms with Crippen molar-refractivity contribution in [3.05, 3.63) is 57.1 Å². The molecule has 1 heterocycles. The first-order chi connectivity index (χ1) is 15.2. The van der Waals surface area contributed by atoms with Crippen LogP contribution >= 0.6 is 11.3 Å². The lowest BCUT2D eigenvalue weighted by Crippen LogP contribution is -2.52. The third kappa shape index (κ3) is 7.27. The number of amides is 1. The molecule has 2 atom stereocenters. The third-order valence-electron chi connectivity index (χ3n) is 4.65. The molecule has 0 aliphatic rings. The number of nitrogens with one attached hydrogen (secondary N) is 1. The van der Waals surface area contributed by atoms with Crippen molar-refractivity contribution in [3.8, 4) is 5.75 Å². The molecule has 170 valence electrons. The predicted octanol–water partition coefficient (Wildman–Crippen LogP) is 3.57. The molecular formula is C20H26BN5O4S2. The van der Waals surface area contributed by atoms with Crippen molar-refractivity contribution < 1.29 is 17.9 Å². The average Bonchev–Trinajstić information content (AvgIpc) is 3.25. The van der Waals surface area contributed by atoms with Crippen LogP contribution in [0, 0.1) is 5.92 Å². The minimum Gasteiger partial charge on any atom is -0.497 e. The maximum absolute atomic E-state index is 13.4. The van der Waals surface area contributed by atoms with Gasteiger partial charge in [0.05, 0.1) is 24.1 Å². The zero-order chi connectivity index (χ0) is 23.7. The third-order valence-corrected chi connectivity index (χ3v) is 7.39. The Balaban J connectivity index is 2.40. The Hall–Kier alpha value is -2.53. The van der Waals surface area contributed by atoms with Gasteiger partial charge in [-0.15, -0.1) is 11.3 Å². The van der Waals surface area contributed by atoms with Crippen LogP contribution in [0.5, 0.6) is 5.75 Å². The van der Waals surface area contributed by atoms with E-state index >= 15 is 0 Å². The van der Waals surface area contributed by atoms with E-state index in [0.29, 0.717) is 12.2 Å². The lowest BCUT2D eigenvalue weighted by atomic mass is 10.0. The summed E-state index contributed by atoms with van der Waals surface area (Å²) in [6.45, 7) is 3.88. The number of hydrogen-bond acceptors (Lipinski definition) is 6. The van der Waals surface area contributed by atoms with Crippen LogP contribution in [0.4, 0.5) is 4.79 Å². The lowest BCUT2D eigenvalue weighted by molar-refractivity contribution is 0.247. The van der Waals surface area contributed by atoms with E-state index in [4.69, 9.17) is 18.1 Å². The largest absolute Gasteiger partial charge is 0.497 e. The number of thiophene rings is 1. The summed E-state index contributed by atoms with van der Waals surface area (Å²) in [6, 6.07) is 8.26. The number of sulfonamides is 1. The van der Waals surface area contributed by atoms with Crippen molar-refractivity contribution >= 4 is 35.0 Å². The zero-order valence-electron chi connectivity index (χ0n) is 18.2. The quantitative estimate of drug-likeness (QED) is 0.218. The molecule has 0 saturated carbocycles. The smallest absolute Gasteiger partial charge is 0.243 e. The van der Waals surface area contributed by atoms with E-state index < -0.39 is 27.9 Å². The fourth-order valence-electron chi connectivity index (χ4n) is 3.21. The van der Waals surface area contributed by atoms with Crippen LogP contribution in [0.15, 0.2) is 51.8 Å². The van der Waals surface area contributed by atoms with E-state index in [1.165, 1.54) is 34.9 Å². The maximum atomic E-state index is 13.4. The van der Waals surface area contributed by atoms with Gasteiger partial charge in [0.15, 0.2) is 5.81 Å². The average molecular weight is 475 g/mol. The molecule has 1 aromatic heterocycles. The van der Waals surface area contributed by atoms with Crippen LogP contribution in [0.25, 0.3) is 10.4 Å². The van der Waals surface area contributed by atoms with Crippen LogP contribution in [0.2, 0.25) is 0 Å². The maximum Gasteiger partial charge on any atom is 0.243 e. The molecule has 0 aliphatic heterocycles. The first-order valence-electron chi connectivity index (χ1n) is 9.94. The van der Waals surface area contributed by atoms with Crippen LogP contribution < -0.4 is 10.1 Å². The molecule has 32 heavy (non-hydrogen) atoms. The number of azide groups is 1. The summed E-state index contributed by atoms with van der Waals surface area (Å²) in [5, 5.41) is 8.30. The summed E-state index contributed by atoms with van der Waals surface area (Å²) in [5.74, 6) is -0.287. The van der Waals surface area contributed by atoms with Crippen molar-refractivity contribution in [2.75, 3.05) is 20.2 Å². The van der Waals surface area contributed by atoms with E-state index in [0.717, 1.165) is 4.88 Å². The molecule has 1 aromatic carbocycles. The van der Waals surface area contributed by atoms with E-state index in [9.17, 15) is 13.2 Å². The summed E-state index contributed by atoms with van der Waals surface area (Å²) < 4.78 is 33.2. The molecule has 1 N–H and O–H groups in total. The van der Waals surface area contributed by atoms with Crippen molar-refractivity contribution in [3.63, 3.8) is 0 Å². The van der Waals surface area contributed by atoms with Gasteiger partial charge in [-0.1, -0.05) is 25.0 Å². The predicted molar refractivity (Wildman–Crippen MR) is 126 cm³/mol. The molecule has 0 saturated heterocycles. The fraction of sp³-hybridized carbons (Fsp3) is 0.450. The Bertz CT molecular complexity index is 1020. The molecule has 2 aromatic rings.